The highest BCUT2D eigenvalue weighted by molar-refractivity contribution is 7.99. The molecule has 2 aliphatic heterocycles. The summed E-state index contributed by atoms with van der Waals surface area (Å²) >= 11 is 1.52. The molecular formula is C49H67N15O10S2. The molecule has 2 saturated heterocycles. The van der Waals surface area contributed by atoms with E-state index in [1.807, 2.05) is 50.2 Å². The molecule has 4 amide bonds. The number of sulfonamides is 1. The fraction of sp³-hybridized carbons (Fsp3) is 0.510. The van der Waals surface area contributed by atoms with Gasteiger partial charge in [0, 0.05) is 49.7 Å². The number of aliphatic hydroxyl groups is 4. The number of ether oxygens (including phenoxy) is 2. The summed E-state index contributed by atoms with van der Waals surface area (Å²) in [6.45, 7) is 10.1. The molecule has 6 aromatic rings. The Hall–Kier alpha value is -6.30. The number of nitrogens with zero attached hydrogens (tertiary/aromatic N) is 9. The minimum Gasteiger partial charge on any atom is -0.387 e. The maximum absolute atomic E-state index is 12.9. The van der Waals surface area contributed by atoms with Crippen LogP contribution in [0.15, 0.2) is 67.5 Å². The number of hydrogen-bond donors (Lipinski definition) is 10. The highest BCUT2D eigenvalue weighted by atomic mass is 32.2. The number of nitrogens with one attached hydrogen (secondary N) is 4. The van der Waals surface area contributed by atoms with Crippen LogP contribution in [0.4, 0.5) is 32.6 Å². The quantitative estimate of drug-likeness (QED) is 0.0491. The molecule has 27 heteroatoms. The van der Waals surface area contributed by atoms with Crippen molar-refractivity contribution in [3.05, 3.63) is 84.5 Å². The highest BCUT2D eigenvalue weighted by Gasteiger charge is 2.51. The third-order valence-corrected chi connectivity index (χ3v) is 15.9. The van der Waals surface area contributed by atoms with E-state index in [0.717, 1.165) is 21.7 Å². The Labute approximate surface area is 443 Å². The van der Waals surface area contributed by atoms with Crippen molar-refractivity contribution in [2.45, 2.75) is 107 Å². The molecule has 8 rings (SSSR count). The summed E-state index contributed by atoms with van der Waals surface area (Å²) in [5, 5.41) is 56.2. The largest absolute Gasteiger partial charge is 0.387 e. The summed E-state index contributed by atoms with van der Waals surface area (Å²) < 4.78 is 41.6. The molecule has 12 N–H and O–H groups in total. The van der Waals surface area contributed by atoms with E-state index in [1.54, 1.807) is 12.1 Å². The molecule has 4 aromatic heterocycles. The number of rotatable bonds is 20. The van der Waals surface area contributed by atoms with Crippen molar-refractivity contribution < 1.29 is 47.9 Å². The SMILES string of the molecule is CC(C)(C)c1ccc(NC(=O)NCCCN(C[C@H]2OC[C@](O)(n3cnc4c(N)nc(CC(C)(C)c5ccc(NC(=O)NCCCSC[C@H]6O[C@@H](n7cnc8c(N)ncnc87)[C@H](O)[C@@H]6O)cc5)nc43)[C@@H]2O)S(C)(=O)=O)cc1. The summed E-state index contributed by atoms with van der Waals surface area (Å²) in [4.78, 5) is 51.3. The van der Waals surface area contributed by atoms with Gasteiger partial charge in [0.1, 0.15) is 47.6 Å². The molecule has 0 spiro atoms. The maximum Gasteiger partial charge on any atom is 0.319 e. The topological polar surface area (TPSA) is 358 Å². The lowest BCUT2D eigenvalue weighted by Gasteiger charge is -2.30. The van der Waals surface area contributed by atoms with Crippen LogP contribution in [0, 0.1) is 0 Å². The third kappa shape index (κ3) is 12.6. The zero-order chi connectivity index (χ0) is 54.7. The van der Waals surface area contributed by atoms with Crippen molar-refractivity contribution in [1.29, 1.82) is 0 Å². The minimum atomic E-state index is -3.81. The van der Waals surface area contributed by atoms with Gasteiger partial charge < -0.3 is 62.6 Å². The predicted molar refractivity (Wildman–Crippen MR) is 287 cm³/mol. The van der Waals surface area contributed by atoms with Crippen molar-refractivity contribution in [3.63, 3.8) is 0 Å². The molecule has 0 bridgehead atoms. The molecule has 0 saturated carbocycles. The van der Waals surface area contributed by atoms with Crippen molar-refractivity contribution >= 4 is 79.2 Å². The number of aromatic nitrogens is 8. The molecular weight excluding hydrogens is 1020 g/mol. The van der Waals surface area contributed by atoms with Gasteiger partial charge in [0.25, 0.3) is 0 Å². The van der Waals surface area contributed by atoms with Crippen LogP contribution in [0.1, 0.15) is 70.6 Å². The number of nitrogens with two attached hydrogens (primary N) is 2. The standard InChI is InChI=1S/C49H67N15O10S2/c1-47(2,3)28-9-13-30(14-10-28)58-45(68)52-17-7-19-62(76(6,71)72)22-32-39(67)49(70,24-73-32)64-27-57-36-41(51)60-34(61-43(36)64)21-48(4,5)29-11-15-31(16-12-29)59-46(69)53-18-8-20-75-23-33-37(65)38(66)44(74-33)63-26-56-35-40(50)54-25-55-42(35)63/h9-16,25-27,32-33,37-39,44,65-67,70H,7-8,17-24H2,1-6H3,(H2,50,54,55)(H2,51,60,61)(H2,52,58,68)(H2,53,59,69)/t32-,33-,37-,38-,39-,44-,49-/m1/s1. The number of nitrogen functional groups attached to an aromatic ring is 2. The van der Waals surface area contributed by atoms with Gasteiger partial charge in [0.05, 0.1) is 31.6 Å². The van der Waals surface area contributed by atoms with E-state index >= 15 is 0 Å². The van der Waals surface area contributed by atoms with Gasteiger partial charge in [-0.3, -0.25) is 9.13 Å². The summed E-state index contributed by atoms with van der Waals surface area (Å²) in [5.41, 5.74) is 13.9. The number of aliphatic hydroxyl groups excluding tert-OH is 3. The Morgan fingerprint density at radius 1 is 0.816 bits per heavy atom. The van der Waals surface area contributed by atoms with E-state index in [-0.39, 0.29) is 66.7 Å². The second-order valence-corrected chi connectivity index (χ2v) is 23.9. The number of carbonyl (C=O) groups excluding carboxylic acids is 2. The maximum atomic E-state index is 12.9. The Balaban J connectivity index is 0.793. The first-order valence-electron chi connectivity index (χ1n) is 24.7. The van der Waals surface area contributed by atoms with Gasteiger partial charge in [-0.05, 0) is 64.8 Å². The average molecular weight is 1090 g/mol. The fourth-order valence-electron chi connectivity index (χ4n) is 9.09. The molecule has 2 aromatic carbocycles. The van der Waals surface area contributed by atoms with Crippen molar-refractivity contribution in [2.75, 3.05) is 72.6 Å². The van der Waals surface area contributed by atoms with Crippen LogP contribution in [-0.4, -0.2) is 165 Å². The average Bonchev–Trinajstić information content (AvgIpc) is 4.16. The molecule has 0 radical (unpaired) electrons. The Morgan fingerprint density at radius 2 is 1.43 bits per heavy atom. The second-order valence-electron chi connectivity index (χ2n) is 20.7. The lowest BCUT2D eigenvalue weighted by molar-refractivity contribution is -0.108. The van der Waals surface area contributed by atoms with Gasteiger partial charge in [-0.1, -0.05) is 58.9 Å². The second kappa shape index (κ2) is 22.7. The number of anilines is 4. The van der Waals surface area contributed by atoms with Crippen LogP contribution in [0.5, 0.6) is 0 Å². The molecule has 2 fully saturated rings. The van der Waals surface area contributed by atoms with Crippen LogP contribution in [0.3, 0.4) is 0 Å². The smallest absolute Gasteiger partial charge is 0.319 e. The summed E-state index contributed by atoms with van der Waals surface area (Å²) in [6, 6.07) is 14.0. The summed E-state index contributed by atoms with van der Waals surface area (Å²) in [7, 11) is -3.81. The van der Waals surface area contributed by atoms with E-state index in [1.165, 1.54) is 39.9 Å². The normalized spacial score (nSPS) is 22.1. The molecule has 25 nitrogen and oxygen atoms in total. The molecule has 2 aliphatic rings. The van der Waals surface area contributed by atoms with Gasteiger partial charge in [-0.2, -0.15) is 16.1 Å². The molecule has 0 aliphatic carbocycles. The van der Waals surface area contributed by atoms with Crippen LogP contribution in [0.2, 0.25) is 0 Å². The van der Waals surface area contributed by atoms with E-state index in [4.69, 9.17) is 25.9 Å². The van der Waals surface area contributed by atoms with Crippen LogP contribution >= 0.6 is 11.8 Å². The van der Waals surface area contributed by atoms with Gasteiger partial charge in [0.2, 0.25) is 10.0 Å². The number of amides is 4. The Kier molecular flexibility index (Phi) is 16.7. The van der Waals surface area contributed by atoms with Gasteiger partial charge in [-0.15, -0.1) is 0 Å². The lowest BCUT2D eigenvalue weighted by atomic mass is 9.81. The number of fused-ring (bicyclic) bond motifs is 2. The predicted octanol–water partition coefficient (Wildman–Crippen LogP) is 2.39. The molecule has 0 unspecified atom stereocenters. The zero-order valence-corrected chi connectivity index (χ0v) is 44.8. The van der Waals surface area contributed by atoms with Crippen molar-refractivity contribution in [3.8, 4) is 0 Å². The van der Waals surface area contributed by atoms with E-state index < -0.39 is 70.5 Å². The Bertz CT molecular complexity index is 3120. The Morgan fingerprint density at radius 3 is 2.08 bits per heavy atom. The first-order chi connectivity index (χ1) is 35.9. The lowest BCUT2D eigenvalue weighted by Crippen LogP contribution is -2.49. The number of urea groups is 2. The molecule has 410 valence electrons. The first kappa shape index (κ1) is 55.9. The monoisotopic (exact) mass is 1090 g/mol. The fourth-order valence-corrected chi connectivity index (χ4v) is 11.0. The first-order valence-corrected chi connectivity index (χ1v) is 27.7. The summed E-state index contributed by atoms with van der Waals surface area (Å²) in [6.07, 6.45) is -0.406. The van der Waals surface area contributed by atoms with E-state index in [0.29, 0.717) is 52.8 Å². The highest BCUT2D eigenvalue weighted by Crippen LogP contribution is 2.36. The zero-order valence-electron chi connectivity index (χ0n) is 43.1. The van der Waals surface area contributed by atoms with Gasteiger partial charge in [-0.25, -0.2) is 47.9 Å². The minimum absolute atomic E-state index is 0.000387. The summed E-state index contributed by atoms with van der Waals surface area (Å²) in [5.74, 6) is 1.64. The third-order valence-electron chi connectivity index (χ3n) is 13.5. The number of thioether (sulfide) groups is 1. The van der Waals surface area contributed by atoms with Crippen LogP contribution in [-0.2, 0) is 42.5 Å². The number of hydrogen-bond acceptors (Lipinski definition) is 19. The van der Waals surface area contributed by atoms with Crippen molar-refractivity contribution in [2.24, 2.45) is 0 Å². The van der Waals surface area contributed by atoms with Crippen LogP contribution in [0.25, 0.3) is 22.3 Å². The van der Waals surface area contributed by atoms with Gasteiger partial charge >= 0.3 is 12.1 Å². The van der Waals surface area contributed by atoms with E-state index in [2.05, 4.69) is 67.0 Å². The number of imidazole rings is 2. The molecule has 6 heterocycles. The van der Waals surface area contributed by atoms with E-state index in [9.17, 15) is 38.4 Å². The van der Waals surface area contributed by atoms with Crippen molar-refractivity contribution in [1.82, 2.24) is 54.0 Å². The molecule has 76 heavy (non-hydrogen) atoms. The molecule has 7 atom stereocenters. The number of benzene rings is 2. The van der Waals surface area contributed by atoms with Crippen LogP contribution < -0.4 is 32.7 Å². The number of carbonyl (C=O) groups is 2. The van der Waals surface area contributed by atoms with Gasteiger partial charge in [0.15, 0.2) is 34.9 Å².